The maximum absolute atomic E-state index is 12.5. The average molecular weight is 367 g/mol. The number of benzene rings is 1. The number of carbonyl (C=O) groups is 1. The van der Waals surface area contributed by atoms with Crippen molar-refractivity contribution >= 4 is 15.9 Å². The molecule has 0 aliphatic heterocycles. The van der Waals surface area contributed by atoms with Gasteiger partial charge in [-0.05, 0) is 50.3 Å². The molecule has 2 rings (SSSR count). The number of amides is 1. The van der Waals surface area contributed by atoms with Crippen molar-refractivity contribution in [1.82, 2.24) is 10.0 Å². The van der Waals surface area contributed by atoms with Crippen molar-refractivity contribution in [3.05, 3.63) is 29.8 Å². The zero-order valence-electron chi connectivity index (χ0n) is 15.3. The predicted octanol–water partition coefficient (Wildman–Crippen LogP) is 3.14. The molecule has 1 amide bonds. The molecule has 5 nitrogen and oxygen atoms in total. The first kappa shape index (κ1) is 19.9. The minimum absolute atomic E-state index is 0.0324. The minimum atomic E-state index is -3.46. The summed E-state index contributed by atoms with van der Waals surface area (Å²) in [5.74, 6) is 0.0324. The summed E-state index contributed by atoms with van der Waals surface area (Å²) in [4.78, 5) is 12.1. The zero-order chi connectivity index (χ0) is 18.3. The van der Waals surface area contributed by atoms with E-state index in [-0.39, 0.29) is 18.0 Å². The smallest absolute Gasteiger partial charge is 0.240 e. The van der Waals surface area contributed by atoms with Crippen molar-refractivity contribution in [2.75, 3.05) is 0 Å². The van der Waals surface area contributed by atoms with Gasteiger partial charge in [0.05, 0.1) is 4.90 Å². The molecular weight excluding hydrogens is 336 g/mol. The van der Waals surface area contributed by atoms with Crippen LogP contribution in [0.4, 0.5) is 0 Å². The molecule has 1 aliphatic rings. The molecule has 140 valence electrons. The molecule has 1 fully saturated rings. The molecule has 1 aliphatic carbocycles. The monoisotopic (exact) mass is 366 g/mol. The van der Waals surface area contributed by atoms with Crippen LogP contribution < -0.4 is 10.0 Å². The van der Waals surface area contributed by atoms with Crippen molar-refractivity contribution in [2.45, 2.75) is 82.2 Å². The van der Waals surface area contributed by atoms with E-state index in [2.05, 4.69) is 10.0 Å². The van der Waals surface area contributed by atoms with Gasteiger partial charge >= 0.3 is 0 Å². The van der Waals surface area contributed by atoms with E-state index in [4.69, 9.17) is 0 Å². The van der Waals surface area contributed by atoms with Gasteiger partial charge in [0.2, 0.25) is 15.9 Å². The van der Waals surface area contributed by atoms with Gasteiger partial charge in [-0.1, -0.05) is 38.3 Å². The van der Waals surface area contributed by atoms with E-state index < -0.39 is 10.0 Å². The second-order valence-corrected chi connectivity index (χ2v) is 8.69. The van der Waals surface area contributed by atoms with Crippen LogP contribution in [0.15, 0.2) is 29.2 Å². The Bertz CT molecular complexity index is 650. The summed E-state index contributed by atoms with van der Waals surface area (Å²) in [6.07, 6.45) is 7.14. The number of rotatable bonds is 8. The van der Waals surface area contributed by atoms with Crippen LogP contribution in [0, 0.1) is 0 Å². The highest BCUT2D eigenvalue weighted by molar-refractivity contribution is 7.89. The number of hydrogen-bond donors (Lipinski definition) is 2. The summed E-state index contributed by atoms with van der Waals surface area (Å²) in [5.41, 5.74) is 0.968. The zero-order valence-corrected chi connectivity index (χ0v) is 16.1. The Hall–Kier alpha value is -1.40. The van der Waals surface area contributed by atoms with E-state index in [0.29, 0.717) is 17.7 Å². The van der Waals surface area contributed by atoms with Crippen LogP contribution in [0.25, 0.3) is 0 Å². The van der Waals surface area contributed by atoms with E-state index in [1.165, 1.54) is 6.42 Å². The SMILES string of the molecule is CC[C@H](C)NC(=O)CCc1ccc(S(=O)(=O)NC2CCCCC2)cc1. The lowest BCUT2D eigenvalue weighted by molar-refractivity contribution is -0.121. The number of nitrogens with one attached hydrogen (secondary N) is 2. The fraction of sp³-hybridized carbons (Fsp3) is 0.632. The van der Waals surface area contributed by atoms with Crippen molar-refractivity contribution < 1.29 is 13.2 Å². The van der Waals surface area contributed by atoms with Gasteiger partial charge in [-0.25, -0.2) is 13.1 Å². The second-order valence-electron chi connectivity index (χ2n) is 6.98. The van der Waals surface area contributed by atoms with Crippen molar-refractivity contribution in [3.63, 3.8) is 0 Å². The van der Waals surface area contributed by atoms with Gasteiger partial charge in [-0.3, -0.25) is 4.79 Å². The second kappa shape index (κ2) is 9.34. The number of carbonyl (C=O) groups excluding carboxylic acids is 1. The maximum atomic E-state index is 12.5. The van der Waals surface area contributed by atoms with E-state index in [0.717, 1.165) is 37.7 Å². The maximum Gasteiger partial charge on any atom is 0.240 e. The average Bonchev–Trinajstić information content (AvgIpc) is 2.60. The van der Waals surface area contributed by atoms with Gasteiger partial charge < -0.3 is 5.32 Å². The van der Waals surface area contributed by atoms with Gasteiger partial charge in [0.25, 0.3) is 0 Å². The third kappa shape index (κ3) is 6.44. The summed E-state index contributed by atoms with van der Waals surface area (Å²) < 4.78 is 27.7. The molecule has 0 unspecified atom stereocenters. The Kier molecular flexibility index (Phi) is 7.44. The molecule has 0 radical (unpaired) electrons. The van der Waals surface area contributed by atoms with Crippen LogP contribution in [0.2, 0.25) is 0 Å². The van der Waals surface area contributed by atoms with Gasteiger partial charge in [0.1, 0.15) is 0 Å². The van der Waals surface area contributed by atoms with Crippen molar-refractivity contribution in [2.24, 2.45) is 0 Å². The molecule has 6 heteroatoms. The Morgan fingerprint density at radius 1 is 1.16 bits per heavy atom. The third-order valence-electron chi connectivity index (χ3n) is 4.82. The van der Waals surface area contributed by atoms with Crippen LogP contribution >= 0.6 is 0 Å². The fourth-order valence-corrected chi connectivity index (χ4v) is 4.36. The van der Waals surface area contributed by atoms with Crippen LogP contribution in [-0.4, -0.2) is 26.4 Å². The largest absolute Gasteiger partial charge is 0.354 e. The van der Waals surface area contributed by atoms with Crippen LogP contribution in [-0.2, 0) is 21.2 Å². The third-order valence-corrected chi connectivity index (χ3v) is 6.36. The normalized spacial score (nSPS) is 17.2. The van der Waals surface area contributed by atoms with Crippen LogP contribution in [0.5, 0.6) is 0 Å². The Labute approximate surface area is 151 Å². The summed E-state index contributed by atoms with van der Waals surface area (Å²) in [7, 11) is -3.46. The van der Waals surface area contributed by atoms with E-state index in [1.54, 1.807) is 24.3 Å². The number of aryl methyl sites for hydroxylation is 1. The fourth-order valence-electron chi connectivity index (χ4n) is 3.05. The Balaban J connectivity index is 1.89. The first-order valence-electron chi connectivity index (χ1n) is 9.31. The highest BCUT2D eigenvalue weighted by atomic mass is 32.2. The van der Waals surface area contributed by atoms with Crippen molar-refractivity contribution in [1.29, 1.82) is 0 Å². The highest BCUT2D eigenvalue weighted by Gasteiger charge is 2.21. The highest BCUT2D eigenvalue weighted by Crippen LogP contribution is 2.20. The summed E-state index contributed by atoms with van der Waals surface area (Å²) >= 11 is 0. The van der Waals surface area contributed by atoms with E-state index in [1.807, 2.05) is 13.8 Å². The van der Waals surface area contributed by atoms with Gasteiger partial charge in [0.15, 0.2) is 0 Å². The first-order chi connectivity index (χ1) is 11.9. The van der Waals surface area contributed by atoms with E-state index in [9.17, 15) is 13.2 Å². The van der Waals surface area contributed by atoms with Gasteiger partial charge in [-0.2, -0.15) is 0 Å². The molecule has 2 N–H and O–H groups in total. The molecule has 1 aromatic carbocycles. The quantitative estimate of drug-likeness (QED) is 0.742. The van der Waals surface area contributed by atoms with Gasteiger partial charge in [-0.15, -0.1) is 0 Å². The summed E-state index contributed by atoms with van der Waals surface area (Å²) in [5, 5.41) is 2.94. The Morgan fingerprint density at radius 3 is 2.40 bits per heavy atom. The lowest BCUT2D eigenvalue weighted by Crippen LogP contribution is -2.36. The topological polar surface area (TPSA) is 75.3 Å². The first-order valence-corrected chi connectivity index (χ1v) is 10.8. The lowest BCUT2D eigenvalue weighted by atomic mass is 9.96. The lowest BCUT2D eigenvalue weighted by Gasteiger charge is -2.22. The Morgan fingerprint density at radius 2 is 1.80 bits per heavy atom. The van der Waals surface area contributed by atoms with Gasteiger partial charge in [0, 0.05) is 18.5 Å². The molecule has 0 heterocycles. The van der Waals surface area contributed by atoms with Crippen LogP contribution in [0.3, 0.4) is 0 Å². The molecule has 0 aromatic heterocycles. The molecule has 0 saturated heterocycles. The van der Waals surface area contributed by atoms with E-state index >= 15 is 0 Å². The number of sulfonamides is 1. The standard InChI is InChI=1S/C19H30N2O3S/c1-3-15(2)20-19(22)14-11-16-9-12-18(13-10-16)25(23,24)21-17-7-5-4-6-8-17/h9-10,12-13,15,17,21H,3-8,11,14H2,1-2H3,(H,20,22)/t15-/m0/s1. The molecule has 25 heavy (non-hydrogen) atoms. The van der Waals surface area contributed by atoms with Crippen molar-refractivity contribution in [3.8, 4) is 0 Å². The molecule has 0 spiro atoms. The number of hydrogen-bond acceptors (Lipinski definition) is 3. The molecule has 1 aromatic rings. The minimum Gasteiger partial charge on any atom is -0.354 e. The summed E-state index contributed by atoms with van der Waals surface area (Å²) in [6, 6.07) is 7.10. The molecular formula is C19H30N2O3S. The predicted molar refractivity (Wildman–Crippen MR) is 99.9 cm³/mol. The molecule has 1 saturated carbocycles. The molecule has 1 atom stereocenters. The van der Waals surface area contributed by atoms with Crippen LogP contribution in [0.1, 0.15) is 64.4 Å². The molecule has 0 bridgehead atoms. The summed E-state index contributed by atoms with van der Waals surface area (Å²) in [6.45, 7) is 4.02.